The molecule has 0 atom stereocenters. The van der Waals surface area contributed by atoms with Gasteiger partial charge in [-0.1, -0.05) is 62.7 Å². The summed E-state index contributed by atoms with van der Waals surface area (Å²) >= 11 is 9.12. The number of pyridine rings is 1. The fourth-order valence-corrected chi connectivity index (χ4v) is 6.57. The lowest BCUT2D eigenvalue weighted by Crippen LogP contribution is -2.37. The number of thioether (sulfide) groups is 1. The van der Waals surface area contributed by atoms with Gasteiger partial charge in [-0.15, -0.1) is 23.1 Å². The summed E-state index contributed by atoms with van der Waals surface area (Å²) in [5.74, 6) is 0.324. The number of nitrogens with zero attached hydrogens (tertiary/aromatic N) is 4. The van der Waals surface area contributed by atoms with Gasteiger partial charge in [0.05, 0.1) is 35.5 Å². The summed E-state index contributed by atoms with van der Waals surface area (Å²) < 4.78 is 9.17. The lowest BCUT2D eigenvalue weighted by Gasteiger charge is -2.30. The average molecular weight is 611 g/mol. The van der Waals surface area contributed by atoms with Crippen LogP contribution >= 0.6 is 34.7 Å². The van der Waals surface area contributed by atoms with E-state index < -0.39 is 5.41 Å². The number of rotatable bonds is 8. The summed E-state index contributed by atoms with van der Waals surface area (Å²) in [6.45, 7) is 7.82. The number of halogens is 1. The zero-order valence-electron chi connectivity index (χ0n) is 23.1. The Labute approximate surface area is 251 Å². The minimum absolute atomic E-state index is 0.0815. The number of ketones is 1. The highest BCUT2D eigenvalue weighted by molar-refractivity contribution is 7.98. The summed E-state index contributed by atoms with van der Waals surface area (Å²) in [6.07, 6.45) is 1.73. The van der Waals surface area contributed by atoms with E-state index in [4.69, 9.17) is 21.4 Å². The Morgan fingerprint density at radius 1 is 1.07 bits per heavy atom. The third-order valence-corrected chi connectivity index (χ3v) is 9.10. The van der Waals surface area contributed by atoms with Crippen LogP contribution < -0.4 is 10.5 Å². The number of aromatic nitrogens is 3. The van der Waals surface area contributed by atoms with E-state index >= 15 is 0 Å². The van der Waals surface area contributed by atoms with E-state index in [0.717, 1.165) is 10.6 Å². The number of ether oxygens (including phenoxy) is 1. The van der Waals surface area contributed by atoms with E-state index in [2.05, 4.69) is 4.90 Å². The van der Waals surface area contributed by atoms with E-state index in [1.165, 1.54) is 38.4 Å². The molecule has 3 aromatic heterocycles. The molecule has 11 heteroatoms. The molecule has 0 unspecified atom stereocenters. The molecular weight excluding hydrogens is 580 g/mol. The highest BCUT2D eigenvalue weighted by Gasteiger charge is 2.28. The molecule has 0 N–H and O–H groups in total. The van der Waals surface area contributed by atoms with Crippen LogP contribution in [0, 0.1) is 5.41 Å². The summed E-state index contributed by atoms with van der Waals surface area (Å²) in [4.78, 5) is 43.0. The number of Topliss-reactive ketones (excluding diaryl/α,β-unsaturated/α-hetero) is 1. The smallest absolute Gasteiger partial charge is 0.253 e. The molecule has 0 saturated carbocycles. The molecule has 1 aliphatic heterocycles. The van der Waals surface area contributed by atoms with Gasteiger partial charge in [0.15, 0.2) is 5.78 Å². The van der Waals surface area contributed by atoms with E-state index in [9.17, 15) is 14.4 Å². The minimum atomic E-state index is -0.668. The molecular formula is C30H31ClN4O4S2. The van der Waals surface area contributed by atoms with Crippen molar-refractivity contribution in [1.82, 2.24) is 14.3 Å². The molecule has 1 aliphatic rings. The molecule has 214 valence electrons. The van der Waals surface area contributed by atoms with Crippen molar-refractivity contribution in [3.63, 3.8) is 0 Å². The predicted molar refractivity (Wildman–Crippen MR) is 165 cm³/mol. The molecule has 0 amide bonds. The van der Waals surface area contributed by atoms with Gasteiger partial charge in [-0.25, -0.2) is 0 Å². The van der Waals surface area contributed by atoms with Crippen LogP contribution in [0.5, 0.6) is 0 Å². The van der Waals surface area contributed by atoms with E-state index in [0.29, 0.717) is 58.2 Å². The van der Waals surface area contributed by atoms with Crippen LogP contribution in [0.4, 0.5) is 5.69 Å². The van der Waals surface area contributed by atoms with Crippen molar-refractivity contribution >= 4 is 52.1 Å². The van der Waals surface area contributed by atoms with Crippen molar-refractivity contribution < 1.29 is 14.3 Å². The van der Waals surface area contributed by atoms with Crippen molar-refractivity contribution in [3.05, 3.63) is 85.9 Å². The van der Waals surface area contributed by atoms with E-state index in [1.54, 1.807) is 30.5 Å². The Kier molecular flexibility index (Phi) is 8.84. The maximum absolute atomic E-state index is 13.4. The molecule has 5 rings (SSSR count). The van der Waals surface area contributed by atoms with Crippen LogP contribution in [0.15, 0.2) is 70.6 Å². The molecule has 0 bridgehead atoms. The third-order valence-electron chi connectivity index (χ3n) is 6.64. The van der Waals surface area contributed by atoms with Crippen LogP contribution in [-0.4, -0.2) is 52.3 Å². The van der Waals surface area contributed by atoms with Crippen molar-refractivity contribution in [1.29, 1.82) is 0 Å². The van der Waals surface area contributed by atoms with Gasteiger partial charge in [-0.05, 0) is 18.2 Å². The molecule has 0 spiro atoms. The van der Waals surface area contributed by atoms with E-state index in [-0.39, 0.29) is 23.8 Å². The van der Waals surface area contributed by atoms with E-state index in [1.807, 2.05) is 45.0 Å². The second kappa shape index (κ2) is 12.4. The van der Waals surface area contributed by atoms with Gasteiger partial charge in [0.1, 0.15) is 5.03 Å². The Balaban J connectivity index is 1.56. The first-order valence-electron chi connectivity index (χ1n) is 13.3. The van der Waals surface area contributed by atoms with Crippen LogP contribution in [-0.2, 0) is 17.0 Å². The Morgan fingerprint density at radius 3 is 2.46 bits per heavy atom. The first-order chi connectivity index (χ1) is 19.6. The summed E-state index contributed by atoms with van der Waals surface area (Å²) in [7, 11) is 0. The van der Waals surface area contributed by atoms with Gasteiger partial charge < -0.3 is 14.2 Å². The molecule has 41 heavy (non-hydrogen) atoms. The lowest BCUT2D eigenvalue weighted by atomic mass is 9.96. The SMILES string of the molecule is CC(C)(C)C(=O)n1nc(-c2cc(=O)n(CC(=O)c3ccccc3)cc2N2CCOCC2)cc1SCc1ccc(Cl)s1. The van der Waals surface area contributed by atoms with Crippen molar-refractivity contribution in [3.8, 4) is 11.3 Å². The van der Waals surface area contributed by atoms with Crippen LogP contribution in [0.1, 0.15) is 40.8 Å². The highest BCUT2D eigenvalue weighted by atomic mass is 35.5. The lowest BCUT2D eigenvalue weighted by molar-refractivity contribution is 0.0736. The molecule has 1 aromatic carbocycles. The Hall–Kier alpha value is -3.18. The molecule has 4 aromatic rings. The fourth-order valence-electron chi connectivity index (χ4n) is 4.45. The average Bonchev–Trinajstić information content (AvgIpc) is 3.58. The Bertz CT molecular complexity index is 1620. The van der Waals surface area contributed by atoms with Crippen molar-refractivity contribution in [2.45, 2.75) is 38.1 Å². The number of hydrogen-bond acceptors (Lipinski definition) is 8. The number of anilines is 1. The maximum atomic E-state index is 13.4. The molecule has 4 heterocycles. The molecule has 1 saturated heterocycles. The van der Waals surface area contributed by atoms with Crippen molar-refractivity contribution in [2.75, 3.05) is 31.2 Å². The topological polar surface area (TPSA) is 86.4 Å². The summed E-state index contributed by atoms with van der Waals surface area (Å²) in [6, 6.07) is 16.1. The number of hydrogen-bond donors (Lipinski definition) is 0. The van der Waals surface area contributed by atoms with Gasteiger partial charge in [0.2, 0.25) is 0 Å². The van der Waals surface area contributed by atoms with Gasteiger partial charge in [0, 0.05) is 52.5 Å². The minimum Gasteiger partial charge on any atom is -0.378 e. The maximum Gasteiger partial charge on any atom is 0.253 e. The normalized spacial score (nSPS) is 13.9. The quantitative estimate of drug-likeness (QED) is 0.175. The molecule has 0 radical (unpaired) electrons. The number of morpholine rings is 1. The van der Waals surface area contributed by atoms with Crippen LogP contribution in [0.2, 0.25) is 4.34 Å². The fraction of sp³-hybridized carbons (Fsp3) is 0.333. The number of benzene rings is 1. The molecule has 1 fully saturated rings. The van der Waals surface area contributed by atoms with Gasteiger partial charge in [-0.2, -0.15) is 9.78 Å². The van der Waals surface area contributed by atoms with Crippen LogP contribution in [0.3, 0.4) is 0 Å². The standard InChI is InChI=1S/C30H31ClN4O4S2/c1-30(2,3)29(38)35-28(40-19-21-9-10-26(31)41-21)16-23(32-35)22-15-27(37)34(17-24(22)33-11-13-39-14-12-33)18-25(36)20-7-5-4-6-8-20/h4-10,15-17H,11-14,18-19H2,1-3H3. The predicted octanol–water partition coefficient (Wildman–Crippen LogP) is 6.12. The zero-order chi connectivity index (χ0) is 29.1. The second-order valence-corrected chi connectivity index (χ2v) is 13.6. The van der Waals surface area contributed by atoms with Gasteiger partial charge in [0.25, 0.3) is 11.5 Å². The van der Waals surface area contributed by atoms with Gasteiger partial charge in [-0.3, -0.25) is 14.4 Å². The summed E-state index contributed by atoms with van der Waals surface area (Å²) in [5, 5.41) is 5.43. The Morgan fingerprint density at radius 2 is 1.80 bits per heavy atom. The monoisotopic (exact) mass is 610 g/mol. The first-order valence-corrected chi connectivity index (χ1v) is 15.5. The number of carbonyl (C=O) groups excluding carboxylic acids is 2. The first kappa shape index (κ1) is 29.3. The van der Waals surface area contributed by atoms with Crippen LogP contribution in [0.25, 0.3) is 11.3 Å². The number of carbonyl (C=O) groups is 2. The van der Waals surface area contributed by atoms with Gasteiger partial charge >= 0.3 is 0 Å². The summed E-state index contributed by atoms with van der Waals surface area (Å²) in [5.41, 5.74) is 1.46. The van der Waals surface area contributed by atoms with Crippen molar-refractivity contribution in [2.24, 2.45) is 5.41 Å². The number of thiophene rings is 1. The zero-order valence-corrected chi connectivity index (χ0v) is 25.5. The molecule has 8 nitrogen and oxygen atoms in total. The largest absolute Gasteiger partial charge is 0.378 e. The third kappa shape index (κ3) is 6.83. The molecule has 0 aliphatic carbocycles. The highest BCUT2D eigenvalue weighted by Crippen LogP contribution is 2.35. The second-order valence-electron chi connectivity index (χ2n) is 10.8.